The van der Waals surface area contributed by atoms with E-state index >= 15 is 0 Å². The van der Waals surface area contributed by atoms with E-state index in [0.29, 0.717) is 58.6 Å². The fourth-order valence-electron chi connectivity index (χ4n) is 7.16. The minimum absolute atomic E-state index is 0.143. The maximum Gasteiger partial charge on any atom is 0.256 e. The molecule has 39 heavy (non-hydrogen) atoms. The number of nitrogens with zero attached hydrogens (tertiary/aromatic N) is 3. The number of nitriles is 1. The Labute approximate surface area is 228 Å². The number of aryl methyl sites for hydroxylation is 1. The molecule has 4 aliphatic rings. The molecule has 0 radical (unpaired) electrons. The highest BCUT2D eigenvalue weighted by Crippen LogP contribution is 2.48. The highest BCUT2D eigenvalue weighted by atomic mass is 16.7. The van der Waals surface area contributed by atoms with Crippen molar-refractivity contribution >= 4 is 5.91 Å². The maximum atomic E-state index is 14.5. The minimum Gasteiger partial charge on any atom is -0.492 e. The number of aromatic amines is 1. The van der Waals surface area contributed by atoms with Crippen LogP contribution in [0, 0.1) is 31.1 Å². The second-order valence-corrected chi connectivity index (χ2v) is 11.6. The number of rotatable bonds is 4. The number of carbonyl (C=O) groups is 1. The lowest BCUT2D eigenvalue weighted by molar-refractivity contribution is 0.0463. The van der Waals surface area contributed by atoms with Gasteiger partial charge in [-0.05, 0) is 71.5 Å². The SMILES string of the molecule is Cc1[nH]c(=O)c(CN2C(=O)c3c(C)c4c(c(C#N)c3CC2C2CCC(N(C)C)CC2)OC(C)O4)c2c1CCO2. The van der Waals surface area contributed by atoms with Crippen molar-refractivity contribution in [3.05, 3.63) is 49.4 Å². The molecule has 1 fully saturated rings. The monoisotopic (exact) mass is 532 g/mol. The van der Waals surface area contributed by atoms with Crippen molar-refractivity contribution in [3.63, 3.8) is 0 Å². The Bertz CT molecular complexity index is 1450. The summed E-state index contributed by atoms with van der Waals surface area (Å²) in [6.07, 6.45) is 4.82. The van der Waals surface area contributed by atoms with Crippen molar-refractivity contribution in [1.29, 1.82) is 5.26 Å². The van der Waals surface area contributed by atoms with Crippen LogP contribution in [0.3, 0.4) is 0 Å². The van der Waals surface area contributed by atoms with Crippen LogP contribution < -0.4 is 19.8 Å². The second kappa shape index (κ2) is 9.60. The van der Waals surface area contributed by atoms with Gasteiger partial charge in [0.15, 0.2) is 11.5 Å². The summed E-state index contributed by atoms with van der Waals surface area (Å²) >= 11 is 0. The lowest BCUT2D eigenvalue weighted by atomic mass is 9.75. The van der Waals surface area contributed by atoms with Crippen molar-refractivity contribution in [1.82, 2.24) is 14.8 Å². The maximum absolute atomic E-state index is 14.5. The van der Waals surface area contributed by atoms with Crippen LogP contribution in [0.1, 0.15) is 76.5 Å². The first kappa shape index (κ1) is 25.8. The van der Waals surface area contributed by atoms with Gasteiger partial charge in [0.05, 0.1) is 24.3 Å². The summed E-state index contributed by atoms with van der Waals surface area (Å²) in [7, 11) is 4.24. The third kappa shape index (κ3) is 4.08. The molecule has 1 saturated carbocycles. The van der Waals surface area contributed by atoms with Crippen molar-refractivity contribution in [2.45, 2.75) is 84.2 Å². The lowest BCUT2D eigenvalue weighted by Crippen LogP contribution is -2.51. The number of fused-ring (bicyclic) bond motifs is 3. The molecule has 1 aromatic heterocycles. The molecule has 1 N–H and O–H groups in total. The highest BCUT2D eigenvalue weighted by molar-refractivity contribution is 6.00. The van der Waals surface area contributed by atoms with E-state index in [1.54, 1.807) is 6.92 Å². The molecule has 0 bridgehead atoms. The van der Waals surface area contributed by atoms with E-state index in [2.05, 4.69) is 30.0 Å². The molecule has 9 heteroatoms. The molecule has 206 valence electrons. The summed E-state index contributed by atoms with van der Waals surface area (Å²) in [6.45, 7) is 6.23. The molecule has 1 aromatic carbocycles. The Morgan fingerprint density at radius 2 is 1.77 bits per heavy atom. The van der Waals surface area contributed by atoms with Crippen LogP contribution in [0.15, 0.2) is 4.79 Å². The zero-order chi connectivity index (χ0) is 27.6. The van der Waals surface area contributed by atoms with Gasteiger partial charge in [-0.1, -0.05) is 0 Å². The molecule has 2 aromatic rings. The predicted octanol–water partition coefficient (Wildman–Crippen LogP) is 3.60. The van der Waals surface area contributed by atoms with Gasteiger partial charge < -0.3 is 29.0 Å². The second-order valence-electron chi connectivity index (χ2n) is 11.6. The summed E-state index contributed by atoms with van der Waals surface area (Å²) in [5, 5.41) is 10.2. The standard InChI is InChI=1S/C30H36N4O5/c1-15-25-21(22(13-31)28-26(15)38-17(3)39-28)12-24(18-6-8-19(9-7-18)33(4)5)34(30(25)36)14-23-27-20(10-11-37-27)16(2)32-29(23)35/h17-19,24H,6-12,14H2,1-5H3,(H,32,35). The Hall–Kier alpha value is -3.51. The number of hydrogen-bond donors (Lipinski definition) is 1. The van der Waals surface area contributed by atoms with Crippen molar-refractivity contribution in [3.8, 4) is 23.3 Å². The Balaban J connectivity index is 1.46. The molecule has 6 rings (SSSR count). The molecule has 1 aliphatic carbocycles. The summed E-state index contributed by atoms with van der Waals surface area (Å²) in [5.74, 6) is 1.63. The van der Waals surface area contributed by atoms with Crippen LogP contribution in [0.2, 0.25) is 0 Å². The molecule has 0 saturated heterocycles. The molecule has 2 unspecified atom stereocenters. The number of aromatic nitrogens is 1. The van der Waals surface area contributed by atoms with Gasteiger partial charge in [0.25, 0.3) is 11.5 Å². The lowest BCUT2D eigenvalue weighted by Gasteiger charge is -2.44. The average molecular weight is 533 g/mol. The van der Waals surface area contributed by atoms with E-state index in [1.807, 2.05) is 18.7 Å². The summed E-state index contributed by atoms with van der Waals surface area (Å²) in [4.78, 5) is 34.8. The number of nitrogens with one attached hydrogen (secondary N) is 1. The van der Waals surface area contributed by atoms with Gasteiger partial charge in [-0.3, -0.25) is 9.59 Å². The number of ether oxygens (including phenoxy) is 3. The van der Waals surface area contributed by atoms with Crippen LogP contribution in [-0.4, -0.2) is 59.8 Å². The summed E-state index contributed by atoms with van der Waals surface area (Å²) < 4.78 is 17.7. The van der Waals surface area contributed by atoms with E-state index in [1.165, 1.54) is 0 Å². The van der Waals surface area contributed by atoms with Crippen LogP contribution in [0.4, 0.5) is 0 Å². The topological polar surface area (TPSA) is 108 Å². The zero-order valence-electron chi connectivity index (χ0n) is 23.3. The van der Waals surface area contributed by atoms with Gasteiger partial charge in [-0.25, -0.2) is 0 Å². The predicted molar refractivity (Wildman–Crippen MR) is 144 cm³/mol. The first-order chi connectivity index (χ1) is 18.7. The van der Waals surface area contributed by atoms with Gasteiger partial charge in [0.1, 0.15) is 17.4 Å². The molecular weight excluding hydrogens is 496 g/mol. The summed E-state index contributed by atoms with van der Waals surface area (Å²) in [6, 6.07) is 2.70. The van der Waals surface area contributed by atoms with E-state index in [9.17, 15) is 14.9 Å². The molecule has 4 heterocycles. The highest BCUT2D eigenvalue weighted by Gasteiger charge is 2.44. The molecule has 0 spiro atoms. The van der Waals surface area contributed by atoms with E-state index in [0.717, 1.165) is 48.9 Å². The van der Waals surface area contributed by atoms with Gasteiger partial charge >= 0.3 is 0 Å². The molecular formula is C30H36N4O5. The molecule has 9 nitrogen and oxygen atoms in total. The minimum atomic E-state index is -0.524. The number of carbonyl (C=O) groups excluding carboxylic acids is 1. The van der Waals surface area contributed by atoms with Crippen LogP contribution in [0.25, 0.3) is 0 Å². The van der Waals surface area contributed by atoms with Crippen molar-refractivity contribution < 1.29 is 19.0 Å². The number of hydrogen-bond acceptors (Lipinski definition) is 7. The Kier molecular flexibility index (Phi) is 6.34. The first-order valence-electron chi connectivity index (χ1n) is 14.0. The molecule has 3 aliphatic heterocycles. The van der Waals surface area contributed by atoms with Gasteiger partial charge in [-0.15, -0.1) is 0 Å². The normalized spacial score (nSPS) is 25.4. The Morgan fingerprint density at radius 3 is 2.46 bits per heavy atom. The quantitative estimate of drug-likeness (QED) is 0.641. The van der Waals surface area contributed by atoms with Crippen molar-refractivity contribution in [2.75, 3.05) is 20.7 Å². The van der Waals surface area contributed by atoms with Gasteiger partial charge in [-0.2, -0.15) is 5.26 Å². The van der Waals surface area contributed by atoms with E-state index in [4.69, 9.17) is 14.2 Å². The third-order valence-corrected chi connectivity index (χ3v) is 9.24. The number of amides is 1. The van der Waals surface area contributed by atoms with Crippen LogP contribution >= 0.6 is 0 Å². The molecule has 1 amide bonds. The third-order valence-electron chi connectivity index (χ3n) is 9.24. The summed E-state index contributed by atoms with van der Waals surface area (Å²) in [5.41, 5.74) is 4.45. The van der Waals surface area contributed by atoms with E-state index < -0.39 is 6.29 Å². The Morgan fingerprint density at radius 1 is 1.05 bits per heavy atom. The zero-order valence-corrected chi connectivity index (χ0v) is 23.3. The fourth-order valence-corrected chi connectivity index (χ4v) is 7.16. The average Bonchev–Trinajstić information content (AvgIpc) is 3.55. The number of benzene rings is 1. The van der Waals surface area contributed by atoms with Crippen molar-refractivity contribution in [2.24, 2.45) is 5.92 Å². The largest absolute Gasteiger partial charge is 0.492 e. The first-order valence-corrected chi connectivity index (χ1v) is 14.0. The number of H-pyrrole nitrogens is 1. The van der Waals surface area contributed by atoms with E-state index in [-0.39, 0.29) is 30.0 Å². The number of pyridine rings is 1. The smallest absolute Gasteiger partial charge is 0.256 e. The fraction of sp³-hybridized carbons (Fsp3) is 0.567. The van der Waals surface area contributed by atoms with Gasteiger partial charge in [0, 0.05) is 42.2 Å². The van der Waals surface area contributed by atoms with Gasteiger partial charge in [0.2, 0.25) is 6.29 Å². The van der Waals surface area contributed by atoms with Crippen LogP contribution in [0.5, 0.6) is 17.2 Å². The molecule has 2 atom stereocenters. The van der Waals surface area contributed by atoms with Crippen LogP contribution in [-0.2, 0) is 19.4 Å².